The summed E-state index contributed by atoms with van der Waals surface area (Å²) in [5.74, 6) is 2.09. The molecule has 1 nitrogen and oxygen atoms in total. The standard InChI is InChI=1S/C31H42O/c1-23-5-9-27(10-6-23)21-30(17-13-25(3)14-18-30)29(32)31(19-15-26(4)16-20-31)22-28-11-7-24(2)8-12-28/h5-12,25-26H,13-22H2,1-4H3. The lowest BCUT2D eigenvalue weighted by Crippen LogP contribution is -2.49. The summed E-state index contributed by atoms with van der Waals surface area (Å²) in [6.07, 6.45) is 10.8. The predicted molar refractivity (Wildman–Crippen MR) is 135 cm³/mol. The van der Waals surface area contributed by atoms with Gasteiger partial charge in [-0.25, -0.2) is 0 Å². The number of benzene rings is 2. The van der Waals surface area contributed by atoms with E-state index in [0.717, 1.165) is 50.4 Å². The van der Waals surface area contributed by atoms with Gasteiger partial charge in [0.15, 0.2) is 0 Å². The molecule has 4 rings (SSSR count). The maximum atomic E-state index is 14.8. The molecule has 2 aliphatic carbocycles. The fraction of sp³-hybridized carbons (Fsp3) is 0.581. The number of Topliss-reactive ketones (excluding diaryl/α,β-unsaturated/α-hetero) is 1. The van der Waals surface area contributed by atoms with Crippen molar-refractivity contribution in [1.82, 2.24) is 0 Å². The third kappa shape index (κ3) is 5.03. The Bertz CT molecular complexity index is 813. The highest BCUT2D eigenvalue weighted by atomic mass is 16.1. The molecule has 0 unspecified atom stereocenters. The molecule has 172 valence electrons. The van der Waals surface area contributed by atoms with Gasteiger partial charge >= 0.3 is 0 Å². The van der Waals surface area contributed by atoms with Crippen molar-refractivity contribution in [2.75, 3.05) is 0 Å². The molecule has 0 amide bonds. The molecule has 0 atom stereocenters. The van der Waals surface area contributed by atoms with Gasteiger partial charge in [0.25, 0.3) is 0 Å². The SMILES string of the molecule is Cc1ccc(CC2(C(=O)C3(Cc4ccc(C)cc4)CCC(C)CC3)CCC(C)CC2)cc1. The molecule has 2 aliphatic rings. The highest BCUT2D eigenvalue weighted by molar-refractivity contribution is 5.91. The number of aryl methyl sites for hydroxylation is 2. The third-order valence-corrected chi connectivity index (χ3v) is 8.75. The zero-order chi connectivity index (χ0) is 22.8. The number of ketones is 1. The molecule has 2 fully saturated rings. The van der Waals surface area contributed by atoms with Gasteiger partial charge in [-0.05, 0) is 101 Å². The normalized spacial score (nSPS) is 30.8. The Morgan fingerprint density at radius 1 is 0.656 bits per heavy atom. The molecule has 32 heavy (non-hydrogen) atoms. The van der Waals surface area contributed by atoms with Crippen LogP contribution < -0.4 is 0 Å². The summed E-state index contributed by atoms with van der Waals surface area (Å²) in [5, 5.41) is 0. The van der Waals surface area contributed by atoms with Gasteiger partial charge in [-0.2, -0.15) is 0 Å². The number of rotatable bonds is 6. The van der Waals surface area contributed by atoms with Crippen molar-refractivity contribution in [2.45, 2.75) is 91.9 Å². The van der Waals surface area contributed by atoms with Crippen LogP contribution in [0.5, 0.6) is 0 Å². The summed E-state index contributed by atoms with van der Waals surface area (Å²) in [4.78, 5) is 14.8. The second-order valence-electron chi connectivity index (χ2n) is 11.6. The average Bonchev–Trinajstić information content (AvgIpc) is 2.80. The highest BCUT2D eigenvalue weighted by Crippen LogP contribution is 2.52. The van der Waals surface area contributed by atoms with Crippen LogP contribution in [0.4, 0.5) is 0 Å². The lowest BCUT2D eigenvalue weighted by atomic mass is 9.54. The Kier molecular flexibility index (Phi) is 6.94. The van der Waals surface area contributed by atoms with E-state index in [1.54, 1.807) is 0 Å². The molecule has 0 radical (unpaired) electrons. The van der Waals surface area contributed by atoms with E-state index in [1.165, 1.54) is 47.9 Å². The zero-order valence-corrected chi connectivity index (χ0v) is 20.8. The lowest BCUT2D eigenvalue weighted by molar-refractivity contribution is -0.144. The molecule has 0 aromatic heterocycles. The molecular weight excluding hydrogens is 388 g/mol. The van der Waals surface area contributed by atoms with E-state index in [4.69, 9.17) is 0 Å². The minimum absolute atomic E-state index is 0.187. The molecule has 2 aromatic rings. The van der Waals surface area contributed by atoms with E-state index in [-0.39, 0.29) is 10.8 Å². The minimum Gasteiger partial charge on any atom is -0.298 e. The zero-order valence-electron chi connectivity index (χ0n) is 20.8. The Morgan fingerprint density at radius 3 is 1.28 bits per heavy atom. The van der Waals surface area contributed by atoms with Gasteiger partial charge in [-0.15, -0.1) is 0 Å². The van der Waals surface area contributed by atoms with Crippen LogP contribution in [-0.2, 0) is 17.6 Å². The first kappa shape index (κ1) is 23.3. The van der Waals surface area contributed by atoms with Crippen molar-refractivity contribution in [3.8, 4) is 0 Å². The van der Waals surface area contributed by atoms with Crippen LogP contribution in [0, 0.1) is 36.5 Å². The van der Waals surface area contributed by atoms with Gasteiger partial charge in [0.2, 0.25) is 0 Å². The van der Waals surface area contributed by atoms with Gasteiger partial charge in [0, 0.05) is 10.8 Å². The third-order valence-electron chi connectivity index (χ3n) is 8.75. The average molecular weight is 431 g/mol. The van der Waals surface area contributed by atoms with Crippen molar-refractivity contribution in [2.24, 2.45) is 22.7 Å². The number of hydrogen-bond donors (Lipinski definition) is 0. The van der Waals surface area contributed by atoms with Gasteiger partial charge in [0.1, 0.15) is 5.78 Å². The Labute approximate surface area is 196 Å². The van der Waals surface area contributed by atoms with Crippen molar-refractivity contribution < 1.29 is 4.79 Å². The molecule has 0 bridgehead atoms. The molecule has 0 saturated heterocycles. The van der Waals surface area contributed by atoms with Crippen molar-refractivity contribution in [1.29, 1.82) is 0 Å². The van der Waals surface area contributed by atoms with Crippen molar-refractivity contribution in [3.63, 3.8) is 0 Å². The van der Waals surface area contributed by atoms with Crippen molar-refractivity contribution in [3.05, 3.63) is 70.8 Å². The summed E-state index contributed by atoms with van der Waals surface area (Å²) in [7, 11) is 0. The fourth-order valence-electron chi connectivity index (χ4n) is 6.35. The number of carbonyl (C=O) groups is 1. The second-order valence-corrected chi connectivity index (χ2v) is 11.6. The minimum atomic E-state index is -0.187. The Morgan fingerprint density at radius 2 is 0.969 bits per heavy atom. The molecular formula is C31H42O. The monoisotopic (exact) mass is 430 g/mol. The highest BCUT2D eigenvalue weighted by Gasteiger charge is 2.51. The first-order chi connectivity index (χ1) is 15.3. The molecule has 0 aliphatic heterocycles. The molecule has 1 heteroatoms. The molecule has 2 aromatic carbocycles. The summed E-state index contributed by atoms with van der Waals surface area (Å²) in [6.45, 7) is 9.02. The summed E-state index contributed by atoms with van der Waals surface area (Å²) < 4.78 is 0. The number of carbonyl (C=O) groups excluding carboxylic acids is 1. The summed E-state index contributed by atoms with van der Waals surface area (Å²) in [6, 6.07) is 17.9. The first-order valence-corrected chi connectivity index (χ1v) is 13.0. The van der Waals surface area contributed by atoms with Crippen LogP contribution in [0.15, 0.2) is 48.5 Å². The van der Waals surface area contributed by atoms with Crippen LogP contribution in [0.3, 0.4) is 0 Å². The maximum absolute atomic E-state index is 14.8. The smallest absolute Gasteiger partial charge is 0.145 e. The topological polar surface area (TPSA) is 17.1 Å². The molecule has 0 heterocycles. The summed E-state index contributed by atoms with van der Waals surface area (Å²) in [5.41, 5.74) is 4.90. The Balaban J connectivity index is 1.68. The molecule has 2 saturated carbocycles. The number of hydrogen-bond acceptors (Lipinski definition) is 1. The quantitative estimate of drug-likeness (QED) is 0.453. The maximum Gasteiger partial charge on any atom is 0.145 e. The van der Waals surface area contributed by atoms with Crippen LogP contribution >= 0.6 is 0 Å². The van der Waals surface area contributed by atoms with Gasteiger partial charge in [-0.1, -0.05) is 73.5 Å². The van der Waals surface area contributed by atoms with Crippen LogP contribution in [0.25, 0.3) is 0 Å². The molecule has 0 N–H and O–H groups in total. The van der Waals surface area contributed by atoms with Gasteiger partial charge in [0.05, 0.1) is 0 Å². The van der Waals surface area contributed by atoms with E-state index in [1.807, 2.05) is 0 Å². The predicted octanol–water partition coefficient (Wildman–Crippen LogP) is 8.05. The van der Waals surface area contributed by atoms with E-state index < -0.39 is 0 Å². The fourth-order valence-corrected chi connectivity index (χ4v) is 6.35. The van der Waals surface area contributed by atoms with Gasteiger partial charge in [-0.3, -0.25) is 4.79 Å². The molecule has 0 spiro atoms. The van der Waals surface area contributed by atoms with E-state index >= 15 is 0 Å². The van der Waals surface area contributed by atoms with E-state index in [0.29, 0.717) is 5.78 Å². The van der Waals surface area contributed by atoms with Crippen LogP contribution in [-0.4, -0.2) is 5.78 Å². The lowest BCUT2D eigenvalue weighted by Gasteiger charge is -2.48. The van der Waals surface area contributed by atoms with Crippen molar-refractivity contribution >= 4 is 5.78 Å². The Hall–Kier alpha value is -1.89. The first-order valence-electron chi connectivity index (χ1n) is 13.0. The van der Waals surface area contributed by atoms with Crippen LogP contribution in [0.1, 0.15) is 87.5 Å². The second kappa shape index (κ2) is 9.54. The largest absolute Gasteiger partial charge is 0.298 e. The van der Waals surface area contributed by atoms with E-state index in [9.17, 15) is 4.79 Å². The summed E-state index contributed by atoms with van der Waals surface area (Å²) >= 11 is 0. The van der Waals surface area contributed by atoms with Crippen LogP contribution in [0.2, 0.25) is 0 Å². The van der Waals surface area contributed by atoms with Gasteiger partial charge < -0.3 is 0 Å². The van der Waals surface area contributed by atoms with E-state index in [2.05, 4.69) is 76.2 Å².